The Kier molecular flexibility index (Phi) is 16.4. The van der Waals surface area contributed by atoms with E-state index in [0.29, 0.717) is 60.0 Å². The Hall–Kier alpha value is -4.87. The van der Waals surface area contributed by atoms with Crippen molar-refractivity contribution in [2.24, 2.45) is 0 Å². The van der Waals surface area contributed by atoms with Gasteiger partial charge in [-0.25, -0.2) is 14.4 Å². The molecule has 0 N–H and O–H groups in total. The second kappa shape index (κ2) is 21.0. The van der Waals surface area contributed by atoms with E-state index in [2.05, 4.69) is 13.2 Å². The van der Waals surface area contributed by atoms with Crippen LogP contribution >= 0.6 is 23.1 Å². The number of rotatable bonds is 20. The number of carbonyl (C=O) groups is 4. The summed E-state index contributed by atoms with van der Waals surface area (Å²) in [6, 6.07) is 18.0. The van der Waals surface area contributed by atoms with E-state index >= 15 is 0 Å². The molecule has 0 radical (unpaired) electrons. The SMILES string of the molecule is C=CC(=O)OCCCCOc1ccc(C=CC(=O)Oc2ccc(SC(=O)C=Cc3ccc(OCCCCOC(=O)C=C)cc3)s2)cc1. The van der Waals surface area contributed by atoms with Gasteiger partial charge in [0.15, 0.2) is 5.06 Å². The Morgan fingerprint density at radius 2 is 1.11 bits per heavy atom. The molecular formula is C36H36O9S2. The number of esters is 3. The highest BCUT2D eigenvalue weighted by Gasteiger charge is 2.09. The molecule has 2 aromatic carbocycles. The number of thiophene rings is 1. The van der Waals surface area contributed by atoms with Crippen molar-refractivity contribution in [2.45, 2.75) is 29.9 Å². The molecule has 0 bridgehead atoms. The monoisotopic (exact) mass is 676 g/mol. The van der Waals surface area contributed by atoms with Gasteiger partial charge in [-0.05, 0) is 97.1 Å². The van der Waals surface area contributed by atoms with Crippen molar-refractivity contribution >= 4 is 58.3 Å². The van der Waals surface area contributed by atoms with Gasteiger partial charge in [-0.15, -0.1) is 0 Å². The average molecular weight is 677 g/mol. The van der Waals surface area contributed by atoms with Crippen LogP contribution in [0.4, 0.5) is 0 Å². The average Bonchev–Trinajstić information content (AvgIpc) is 3.52. The summed E-state index contributed by atoms with van der Waals surface area (Å²) < 4.78 is 27.3. The first-order chi connectivity index (χ1) is 22.8. The molecule has 3 aromatic rings. The van der Waals surface area contributed by atoms with Crippen molar-refractivity contribution in [1.29, 1.82) is 0 Å². The molecule has 0 saturated carbocycles. The van der Waals surface area contributed by atoms with Crippen molar-refractivity contribution in [2.75, 3.05) is 26.4 Å². The van der Waals surface area contributed by atoms with Gasteiger partial charge in [-0.3, -0.25) is 4.79 Å². The fourth-order valence-corrected chi connectivity index (χ4v) is 5.33. The molecule has 9 nitrogen and oxygen atoms in total. The predicted molar refractivity (Wildman–Crippen MR) is 184 cm³/mol. The number of hydrogen-bond acceptors (Lipinski definition) is 11. The Morgan fingerprint density at radius 3 is 1.62 bits per heavy atom. The minimum absolute atomic E-state index is 0.163. The Bertz CT molecular complexity index is 1420. The van der Waals surface area contributed by atoms with Crippen LogP contribution in [-0.2, 0) is 28.7 Å². The Balaban J connectivity index is 1.33. The summed E-state index contributed by atoms with van der Waals surface area (Å²) >= 11 is 2.25. The summed E-state index contributed by atoms with van der Waals surface area (Å²) in [4.78, 5) is 46.8. The van der Waals surface area contributed by atoms with E-state index in [1.54, 1.807) is 36.4 Å². The van der Waals surface area contributed by atoms with Crippen LogP contribution in [0.15, 0.2) is 102 Å². The van der Waals surface area contributed by atoms with Crippen LogP contribution in [0, 0.1) is 0 Å². The summed E-state index contributed by atoms with van der Waals surface area (Å²) in [6.45, 7) is 8.34. The van der Waals surface area contributed by atoms with E-state index in [0.717, 1.165) is 47.9 Å². The molecule has 1 aromatic heterocycles. The van der Waals surface area contributed by atoms with Crippen molar-refractivity contribution in [3.05, 3.63) is 109 Å². The zero-order chi connectivity index (χ0) is 33.7. The highest BCUT2D eigenvalue weighted by Crippen LogP contribution is 2.33. The van der Waals surface area contributed by atoms with Gasteiger partial charge in [0.1, 0.15) is 11.5 Å². The third-order valence-corrected chi connectivity index (χ3v) is 7.91. The fourth-order valence-electron chi connectivity index (χ4n) is 3.61. The normalized spacial score (nSPS) is 10.8. The van der Waals surface area contributed by atoms with Crippen molar-refractivity contribution in [1.82, 2.24) is 0 Å². The zero-order valence-electron chi connectivity index (χ0n) is 25.8. The van der Waals surface area contributed by atoms with Crippen molar-refractivity contribution in [3.63, 3.8) is 0 Å². The smallest absolute Gasteiger partial charge is 0.336 e. The minimum atomic E-state index is -0.534. The summed E-state index contributed by atoms with van der Waals surface area (Å²) in [5, 5.41) is 0.221. The number of benzene rings is 2. The van der Waals surface area contributed by atoms with Crippen LogP contribution in [0.3, 0.4) is 0 Å². The van der Waals surface area contributed by atoms with E-state index in [1.165, 1.54) is 23.5 Å². The number of ether oxygens (including phenoxy) is 5. The first-order valence-corrected chi connectivity index (χ1v) is 16.4. The summed E-state index contributed by atoms with van der Waals surface area (Å²) in [5.41, 5.74) is 1.64. The highest BCUT2D eigenvalue weighted by molar-refractivity contribution is 8.15. The van der Waals surface area contributed by atoms with Gasteiger partial charge < -0.3 is 23.7 Å². The lowest BCUT2D eigenvalue weighted by molar-refractivity contribution is -0.138. The molecule has 0 amide bonds. The van der Waals surface area contributed by atoms with E-state index in [4.69, 9.17) is 23.7 Å². The molecule has 0 saturated heterocycles. The molecule has 0 spiro atoms. The second-order valence-electron chi connectivity index (χ2n) is 9.57. The molecule has 0 aliphatic heterocycles. The van der Waals surface area contributed by atoms with Crippen LogP contribution in [0.25, 0.3) is 12.2 Å². The number of unbranched alkanes of at least 4 members (excludes halogenated alkanes) is 2. The van der Waals surface area contributed by atoms with E-state index in [1.807, 2.05) is 36.4 Å². The largest absolute Gasteiger partial charge is 0.494 e. The molecular weight excluding hydrogens is 641 g/mol. The number of carbonyl (C=O) groups excluding carboxylic acids is 4. The van der Waals surface area contributed by atoms with E-state index in [-0.39, 0.29) is 5.12 Å². The second-order valence-corrected chi connectivity index (χ2v) is 11.9. The van der Waals surface area contributed by atoms with Gasteiger partial charge in [0.25, 0.3) is 0 Å². The predicted octanol–water partition coefficient (Wildman–Crippen LogP) is 7.48. The van der Waals surface area contributed by atoms with Crippen LogP contribution in [-0.4, -0.2) is 49.5 Å². The van der Waals surface area contributed by atoms with Crippen LogP contribution in [0.2, 0.25) is 0 Å². The maximum absolute atomic E-state index is 12.5. The molecule has 0 fully saturated rings. The van der Waals surface area contributed by atoms with Gasteiger partial charge in [-0.1, -0.05) is 54.8 Å². The van der Waals surface area contributed by atoms with Gasteiger partial charge >= 0.3 is 17.9 Å². The quantitative estimate of drug-likeness (QED) is 0.0517. The molecule has 0 unspecified atom stereocenters. The first-order valence-electron chi connectivity index (χ1n) is 14.8. The maximum Gasteiger partial charge on any atom is 0.336 e. The lowest BCUT2D eigenvalue weighted by Gasteiger charge is -2.06. The summed E-state index contributed by atoms with van der Waals surface area (Å²) in [5.74, 6) is 0.00351. The van der Waals surface area contributed by atoms with Crippen LogP contribution in [0.5, 0.6) is 16.6 Å². The molecule has 47 heavy (non-hydrogen) atoms. The molecule has 0 aliphatic carbocycles. The standard InChI is InChI=1S/C36H36O9S2/c1-3-31(37)43-25-7-5-23-41-29-15-9-27(10-16-29)13-19-33(39)45-35-21-22-36(47-35)46-34(40)20-14-28-11-17-30(18-12-28)42-24-6-8-26-44-32(38)4-2/h3-4,9-22H,1-2,5-8,23-26H2. The molecule has 0 atom stereocenters. The Labute approximate surface area is 282 Å². The maximum atomic E-state index is 12.5. The van der Waals surface area contributed by atoms with Gasteiger partial charge in [0, 0.05) is 18.2 Å². The molecule has 3 rings (SSSR count). The third kappa shape index (κ3) is 15.3. The van der Waals surface area contributed by atoms with E-state index in [9.17, 15) is 19.2 Å². The topological polar surface area (TPSA) is 114 Å². The van der Waals surface area contributed by atoms with Crippen LogP contribution in [0.1, 0.15) is 36.8 Å². The van der Waals surface area contributed by atoms with Crippen molar-refractivity contribution < 1.29 is 42.9 Å². The molecule has 0 aliphatic rings. The number of thioether (sulfide) groups is 1. The fraction of sp³-hybridized carbons (Fsp3) is 0.222. The summed E-state index contributed by atoms with van der Waals surface area (Å²) in [6.07, 6.45) is 11.3. The molecule has 1 heterocycles. The molecule has 246 valence electrons. The van der Waals surface area contributed by atoms with Gasteiger partial charge in [0.2, 0.25) is 5.12 Å². The molecule has 11 heteroatoms. The Morgan fingerprint density at radius 1 is 0.617 bits per heavy atom. The first kappa shape index (κ1) is 36.6. The van der Waals surface area contributed by atoms with Crippen LogP contribution < -0.4 is 14.2 Å². The zero-order valence-corrected chi connectivity index (χ0v) is 27.4. The van der Waals surface area contributed by atoms with Gasteiger partial charge in [0.05, 0.1) is 30.6 Å². The minimum Gasteiger partial charge on any atom is -0.494 e. The summed E-state index contributed by atoms with van der Waals surface area (Å²) in [7, 11) is 0. The highest BCUT2D eigenvalue weighted by atomic mass is 32.2. The lowest BCUT2D eigenvalue weighted by Crippen LogP contribution is -2.04. The third-order valence-electron chi connectivity index (χ3n) is 5.98. The van der Waals surface area contributed by atoms with Crippen molar-refractivity contribution in [3.8, 4) is 16.6 Å². The lowest BCUT2D eigenvalue weighted by atomic mass is 10.2. The number of hydrogen-bond donors (Lipinski definition) is 0. The van der Waals surface area contributed by atoms with E-state index < -0.39 is 17.9 Å². The van der Waals surface area contributed by atoms with Gasteiger partial charge in [-0.2, -0.15) is 0 Å².